The summed E-state index contributed by atoms with van der Waals surface area (Å²) >= 11 is 0. The van der Waals surface area contributed by atoms with Crippen molar-refractivity contribution in [2.45, 2.75) is 57.0 Å². The maximum Gasteiger partial charge on any atom is 0.321 e. The number of hydrogen-bond acceptors (Lipinski definition) is 3. The summed E-state index contributed by atoms with van der Waals surface area (Å²) in [6, 6.07) is 10.2. The quantitative estimate of drug-likeness (QED) is 0.706. The second-order valence-corrected chi connectivity index (χ2v) is 9.24. The van der Waals surface area contributed by atoms with Gasteiger partial charge in [0.05, 0.1) is 17.1 Å². The Morgan fingerprint density at radius 1 is 1.03 bits per heavy atom. The number of urea groups is 1. The average molecular weight is 437 g/mol. The van der Waals surface area contributed by atoms with Gasteiger partial charge in [-0.3, -0.25) is 9.78 Å². The molecule has 6 nitrogen and oxygen atoms in total. The van der Waals surface area contributed by atoms with Crippen molar-refractivity contribution in [2.24, 2.45) is 5.41 Å². The van der Waals surface area contributed by atoms with Gasteiger partial charge in [0.2, 0.25) is 5.91 Å². The molecule has 1 atom stereocenters. The summed E-state index contributed by atoms with van der Waals surface area (Å²) in [7, 11) is 0. The summed E-state index contributed by atoms with van der Waals surface area (Å²) < 4.78 is 13.9. The molecule has 5 rings (SSSR count). The third kappa shape index (κ3) is 3.53. The van der Waals surface area contributed by atoms with E-state index in [4.69, 9.17) is 0 Å². The second kappa shape index (κ2) is 8.52. The number of benzene rings is 1. The van der Waals surface area contributed by atoms with E-state index < -0.39 is 5.82 Å². The lowest BCUT2D eigenvalue weighted by Crippen LogP contribution is -2.67. The van der Waals surface area contributed by atoms with Crippen LogP contribution in [0.25, 0.3) is 0 Å². The predicted octanol–water partition coefficient (Wildman–Crippen LogP) is 4.75. The summed E-state index contributed by atoms with van der Waals surface area (Å²) in [6.45, 7) is 1.09. The van der Waals surface area contributed by atoms with Gasteiger partial charge in [-0.15, -0.1) is 0 Å². The predicted molar refractivity (Wildman–Crippen MR) is 119 cm³/mol. The van der Waals surface area contributed by atoms with Crippen molar-refractivity contribution in [3.8, 4) is 0 Å². The Morgan fingerprint density at radius 2 is 1.72 bits per heavy atom. The van der Waals surface area contributed by atoms with Crippen LogP contribution >= 0.6 is 0 Å². The van der Waals surface area contributed by atoms with E-state index in [-0.39, 0.29) is 35.1 Å². The van der Waals surface area contributed by atoms with E-state index in [1.165, 1.54) is 18.1 Å². The first-order valence-corrected chi connectivity index (χ1v) is 11.6. The highest BCUT2D eigenvalue weighted by Crippen LogP contribution is 2.59. The van der Waals surface area contributed by atoms with E-state index in [0.29, 0.717) is 13.1 Å². The van der Waals surface area contributed by atoms with Gasteiger partial charge in [-0.2, -0.15) is 0 Å². The van der Waals surface area contributed by atoms with Crippen molar-refractivity contribution in [2.75, 3.05) is 18.4 Å². The Kier molecular flexibility index (Phi) is 5.57. The zero-order valence-electron chi connectivity index (χ0n) is 18.2. The zero-order valence-corrected chi connectivity index (χ0v) is 18.2. The van der Waals surface area contributed by atoms with Crippen molar-refractivity contribution in [3.63, 3.8) is 0 Å². The molecule has 1 N–H and O–H groups in total. The molecule has 1 aromatic heterocycles. The Balaban J connectivity index is 1.28. The van der Waals surface area contributed by atoms with Crippen LogP contribution in [0.5, 0.6) is 0 Å². The highest BCUT2D eigenvalue weighted by Gasteiger charge is 2.62. The van der Waals surface area contributed by atoms with Crippen LogP contribution in [0.2, 0.25) is 0 Å². The number of nitrogens with zero attached hydrogens (tertiary/aromatic N) is 3. The fourth-order valence-corrected chi connectivity index (χ4v) is 5.87. The highest BCUT2D eigenvalue weighted by molar-refractivity contribution is 5.91. The number of para-hydroxylation sites is 1. The summed E-state index contributed by atoms with van der Waals surface area (Å²) in [4.78, 5) is 34.1. The zero-order chi connectivity index (χ0) is 22.1. The van der Waals surface area contributed by atoms with E-state index in [2.05, 4.69) is 15.2 Å². The van der Waals surface area contributed by atoms with Gasteiger partial charge in [-0.25, -0.2) is 9.18 Å². The number of pyridine rings is 1. The van der Waals surface area contributed by atoms with Crippen LogP contribution in [0.1, 0.15) is 56.6 Å². The van der Waals surface area contributed by atoms with Crippen LogP contribution in [0, 0.1) is 11.2 Å². The van der Waals surface area contributed by atoms with Gasteiger partial charge < -0.3 is 15.1 Å². The Labute approximate surface area is 187 Å². The van der Waals surface area contributed by atoms with Crippen molar-refractivity contribution in [1.82, 2.24) is 14.8 Å². The fraction of sp³-hybridized carbons (Fsp3) is 0.480. The molecular formula is C25H29FN4O2. The van der Waals surface area contributed by atoms with Crippen LogP contribution in [-0.2, 0) is 4.79 Å². The molecule has 2 saturated heterocycles. The van der Waals surface area contributed by atoms with E-state index in [9.17, 15) is 14.0 Å². The molecule has 1 aromatic carbocycles. The summed E-state index contributed by atoms with van der Waals surface area (Å²) in [5.41, 5.74) is 1.09. The Hall–Kier alpha value is -2.96. The first-order valence-electron chi connectivity index (χ1n) is 11.6. The molecule has 1 aliphatic carbocycles. The topological polar surface area (TPSA) is 65.5 Å². The molecular weight excluding hydrogens is 407 g/mol. The number of halogens is 1. The number of carbonyl (C=O) groups excluding carboxylic acids is 2. The fourth-order valence-electron chi connectivity index (χ4n) is 5.87. The number of β-lactam (4-membered cyclic amide) rings is 1. The molecule has 3 heterocycles. The Bertz CT molecular complexity index is 984. The molecule has 168 valence electrons. The lowest BCUT2D eigenvalue weighted by atomic mass is 9.59. The van der Waals surface area contributed by atoms with Crippen molar-refractivity contribution in [3.05, 3.63) is 60.2 Å². The number of amides is 3. The molecule has 7 heteroatoms. The molecule has 3 aliphatic rings. The van der Waals surface area contributed by atoms with Gasteiger partial charge in [-0.05, 0) is 55.5 Å². The first kappa shape index (κ1) is 20.9. The average Bonchev–Trinajstić information content (AvgIpc) is 2.84. The minimum absolute atomic E-state index is 0.0992. The molecule has 32 heavy (non-hydrogen) atoms. The SMILES string of the molecule is O=C(Nc1ccccc1F)N1CCC(N2C(=O)C3(CCCCC3)C2c2ccncc2)CC1. The van der Waals surface area contributed by atoms with Crippen LogP contribution in [0.4, 0.5) is 14.9 Å². The molecule has 0 radical (unpaired) electrons. The molecule has 2 aromatic rings. The third-order valence-electron chi connectivity index (χ3n) is 7.49. The number of nitrogens with one attached hydrogen (secondary N) is 1. The maximum atomic E-state index is 13.9. The van der Waals surface area contributed by atoms with E-state index in [1.807, 2.05) is 24.5 Å². The molecule has 1 saturated carbocycles. The van der Waals surface area contributed by atoms with E-state index in [1.54, 1.807) is 23.1 Å². The minimum atomic E-state index is -0.445. The molecule has 3 fully saturated rings. The minimum Gasteiger partial charge on any atom is -0.331 e. The molecule has 1 unspecified atom stereocenters. The van der Waals surface area contributed by atoms with Crippen molar-refractivity contribution >= 4 is 17.6 Å². The monoisotopic (exact) mass is 436 g/mol. The number of likely N-dealkylation sites (tertiary alicyclic amines) is 2. The molecule has 1 spiro atoms. The number of anilines is 1. The van der Waals surface area contributed by atoms with Gasteiger partial charge in [0.1, 0.15) is 5.82 Å². The largest absolute Gasteiger partial charge is 0.331 e. The van der Waals surface area contributed by atoms with Gasteiger partial charge in [0.15, 0.2) is 0 Å². The number of rotatable bonds is 3. The van der Waals surface area contributed by atoms with Gasteiger partial charge in [0, 0.05) is 31.5 Å². The van der Waals surface area contributed by atoms with E-state index >= 15 is 0 Å². The number of hydrogen-bond donors (Lipinski definition) is 1. The highest BCUT2D eigenvalue weighted by atomic mass is 19.1. The third-order valence-corrected chi connectivity index (χ3v) is 7.49. The number of piperidine rings is 1. The maximum absolute atomic E-state index is 13.9. The van der Waals surface area contributed by atoms with Gasteiger partial charge in [-0.1, -0.05) is 31.4 Å². The Morgan fingerprint density at radius 3 is 2.41 bits per heavy atom. The van der Waals surface area contributed by atoms with Crippen LogP contribution < -0.4 is 5.32 Å². The lowest BCUT2D eigenvalue weighted by Gasteiger charge is -2.61. The normalized spacial score (nSPS) is 23.2. The standard InChI is InChI=1S/C25H29FN4O2/c26-20-6-2-3-7-21(20)28-24(32)29-16-10-19(11-17-29)30-22(18-8-14-27-15-9-18)25(23(30)31)12-4-1-5-13-25/h2-3,6-9,14-15,19,22H,1,4-5,10-13,16-17H2,(H,28,32). The summed E-state index contributed by atoms with van der Waals surface area (Å²) in [5, 5.41) is 2.67. The number of carbonyl (C=O) groups is 2. The van der Waals surface area contributed by atoms with Crippen molar-refractivity contribution in [1.29, 1.82) is 0 Å². The molecule has 2 aliphatic heterocycles. The van der Waals surface area contributed by atoms with Gasteiger partial charge in [0.25, 0.3) is 0 Å². The summed E-state index contributed by atoms with van der Waals surface area (Å²) in [6.07, 6.45) is 10.4. The van der Waals surface area contributed by atoms with Crippen LogP contribution in [0.3, 0.4) is 0 Å². The van der Waals surface area contributed by atoms with Crippen LogP contribution in [-0.4, -0.2) is 45.9 Å². The van der Waals surface area contributed by atoms with Gasteiger partial charge >= 0.3 is 6.03 Å². The summed E-state index contributed by atoms with van der Waals surface area (Å²) in [5.74, 6) is -0.159. The lowest BCUT2D eigenvalue weighted by molar-refractivity contribution is -0.186. The second-order valence-electron chi connectivity index (χ2n) is 9.24. The van der Waals surface area contributed by atoms with Crippen LogP contribution in [0.15, 0.2) is 48.8 Å². The first-order chi connectivity index (χ1) is 15.6. The van der Waals surface area contributed by atoms with E-state index in [0.717, 1.165) is 38.5 Å². The smallest absolute Gasteiger partial charge is 0.321 e. The molecule has 3 amide bonds. The van der Waals surface area contributed by atoms with Crippen molar-refractivity contribution < 1.29 is 14.0 Å². The number of aromatic nitrogens is 1. The molecule has 0 bridgehead atoms.